The highest BCUT2D eigenvalue weighted by atomic mass is 19.4. The van der Waals surface area contributed by atoms with Crippen molar-refractivity contribution in [2.24, 2.45) is 0 Å². The quantitative estimate of drug-likeness (QED) is 0.473. The first kappa shape index (κ1) is 13.6. The summed E-state index contributed by atoms with van der Waals surface area (Å²) in [5.41, 5.74) is -3.50. The predicted octanol–water partition coefficient (Wildman–Crippen LogP) is 2.49. The summed E-state index contributed by atoms with van der Waals surface area (Å²) in [6.45, 7) is 0. The van der Waals surface area contributed by atoms with E-state index < -0.39 is 34.3 Å². The lowest BCUT2D eigenvalue weighted by Crippen LogP contribution is -2.12. The fourth-order valence-corrected chi connectivity index (χ4v) is 1.44. The Morgan fingerprint density at radius 2 is 2.06 bits per heavy atom. The summed E-state index contributed by atoms with van der Waals surface area (Å²) in [7, 11) is 0. The van der Waals surface area contributed by atoms with Crippen LogP contribution in [0.25, 0.3) is 0 Å². The summed E-state index contributed by atoms with van der Waals surface area (Å²) in [6, 6.07) is 2.82. The zero-order chi connectivity index (χ0) is 13.9. The number of carbonyl (C=O) groups excluding carboxylic acids is 1. The molecule has 0 saturated heterocycles. The van der Waals surface area contributed by atoms with Crippen molar-refractivity contribution in [3.8, 4) is 6.07 Å². The molecular weight excluding hydrogens is 253 g/mol. The summed E-state index contributed by atoms with van der Waals surface area (Å²) in [4.78, 5) is 20.0. The van der Waals surface area contributed by atoms with Crippen LogP contribution in [0.2, 0.25) is 0 Å². The number of aldehydes is 1. The van der Waals surface area contributed by atoms with Gasteiger partial charge in [-0.05, 0) is 12.1 Å². The molecule has 0 atom stereocenters. The third-order valence-corrected chi connectivity index (χ3v) is 2.10. The van der Waals surface area contributed by atoms with E-state index in [0.29, 0.717) is 6.07 Å². The van der Waals surface area contributed by atoms with Crippen molar-refractivity contribution in [2.75, 3.05) is 0 Å². The van der Waals surface area contributed by atoms with E-state index in [4.69, 9.17) is 5.26 Å². The SMILES string of the molecule is N#CCc1cc(C=O)cc(C(F)(F)F)c1[N+](=O)[O-]. The van der Waals surface area contributed by atoms with Crippen molar-refractivity contribution < 1.29 is 22.9 Å². The Labute approximate surface area is 98.6 Å². The van der Waals surface area contributed by atoms with E-state index in [1.54, 1.807) is 0 Å². The number of benzene rings is 1. The van der Waals surface area contributed by atoms with Crippen molar-refractivity contribution >= 4 is 12.0 Å². The zero-order valence-electron chi connectivity index (χ0n) is 8.69. The standard InChI is InChI=1S/C10H5F3N2O3/c11-10(12,13)8-4-6(5-16)3-7(1-2-14)9(8)15(17)18/h3-5H,1H2. The largest absolute Gasteiger partial charge is 0.423 e. The monoisotopic (exact) mass is 258 g/mol. The molecule has 0 N–H and O–H groups in total. The molecule has 8 heteroatoms. The van der Waals surface area contributed by atoms with Crippen molar-refractivity contribution in [2.45, 2.75) is 12.6 Å². The second-order valence-electron chi connectivity index (χ2n) is 3.28. The van der Waals surface area contributed by atoms with Crippen LogP contribution < -0.4 is 0 Å². The molecule has 0 aliphatic rings. The molecule has 0 fully saturated rings. The number of hydrogen-bond acceptors (Lipinski definition) is 4. The van der Waals surface area contributed by atoms with Gasteiger partial charge in [0, 0.05) is 11.1 Å². The first-order chi connectivity index (χ1) is 8.31. The van der Waals surface area contributed by atoms with Crippen LogP contribution >= 0.6 is 0 Å². The summed E-state index contributed by atoms with van der Waals surface area (Å²) >= 11 is 0. The van der Waals surface area contributed by atoms with E-state index in [1.807, 2.05) is 0 Å². The van der Waals surface area contributed by atoms with Crippen LogP contribution in [-0.2, 0) is 12.6 Å². The maximum absolute atomic E-state index is 12.6. The van der Waals surface area contributed by atoms with Gasteiger partial charge in [-0.2, -0.15) is 18.4 Å². The van der Waals surface area contributed by atoms with E-state index in [9.17, 15) is 28.1 Å². The molecule has 1 rings (SSSR count). The molecule has 1 aromatic rings. The van der Waals surface area contributed by atoms with Gasteiger partial charge in [0.2, 0.25) is 0 Å². The molecule has 0 radical (unpaired) electrons. The molecule has 94 valence electrons. The van der Waals surface area contributed by atoms with Gasteiger partial charge in [0.1, 0.15) is 11.8 Å². The van der Waals surface area contributed by atoms with E-state index in [1.165, 1.54) is 6.07 Å². The average molecular weight is 258 g/mol. The number of carbonyl (C=O) groups is 1. The second-order valence-corrected chi connectivity index (χ2v) is 3.28. The number of rotatable bonds is 3. The van der Waals surface area contributed by atoms with Crippen molar-refractivity contribution in [3.63, 3.8) is 0 Å². The van der Waals surface area contributed by atoms with Gasteiger partial charge >= 0.3 is 6.18 Å². The van der Waals surface area contributed by atoms with Gasteiger partial charge in [0.25, 0.3) is 5.69 Å². The number of halogens is 3. The predicted molar refractivity (Wildman–Crippen MR) is 52.8 cm³/mol. The Kier molecular flexibility index (Phi) is 3.66. The minimum Gasteiger partial charge on any atom is -0.298 e. The first-order valence-electron chi connectivity index (χ1n) is 4.52. The summed E-state index contributed by atoms with van der Waals surface area (Å²) < 4.78 is 37.9. The maximum atomic E-state index is 12.6. The Morgan fingerprint density at radius 3 is 2.44 bits per heavy atom. The molecule has 0 heterocycles. The Bertz CT molecular complexity index is 547. The lowest BCUT2D eigenvalue weighted by atomic mass is 10.0. The third kappa shape index (κ3) is 2.63. The summed E-state index contributed by atoms with van der Waals surface area (Å²) in [5.74, 6) is 0. The van der Waals surface area contributed by atoms with Gasteiger partial charge in [0.05, 0.1) is 17.4 Å². The topological polar surface area (TPSA) is 84.0 Å². The second kappa shape index (κ2) is 4.83. The Hall–Kier alpha value is -2.43. The molecule has 18 heavy (non-hydrogen) atoms. The molecule has 0 aliphatic heterocycles. The van der Waals surface area contributed by atoms with Crippen LogP contribution in [0.3, 0.4) is 0 Å². The number of nitro benzene ring substituents is 1. The summed E-state index contributed by atoms with van der Waals surface area (Å²) in [5, 5.41) is 19.1. The van der Waals surface area contributed by atoms with Crippen molar-refractivity contribution in [1.29, 1.82) is 5.26 Å². The highest BCUT2D eigenvalue weighted by molar-refractivity contribution is 5.77. The molecule has 5 nitrogen and oxygen atoms in total. The fourth-order valence-electron chi connectivity index (χ4n) is 1.44. The minimum absolute atomic E-state index is 0.139. The van der Waals surface area contributed by atoms with E-state index >= 15 is 0 Å². The van der Waals surface area contributed by atoms with Crippen LogP contribution in [0.1, 0.15) is 21.5 Å². The molecule has 0 unspecified atom stereocenters. The van der Waals surface area contributed by atoms with Crippen molar-refractivity contribution in [3.05, 3.63) is 38.9 Å². The van der Waals surface area contributed by atoms with Crippen molar-refractivity contribution in [1.82, 2.24) is 0 Å². The summed E-state index contributed by atoms with van der Waals surface area (Å²) in [6.07, 6.45) is -5.41. The number of nitriles is 1. The van der Waals surface area contributed by atoms with Gasteiger partial charge < -0.3 is 0 Å². The van der Waals surface area contributed by atoms with Crippen LogP contribution in [0.5, 0.6) is 0 Å². The van der Waals surface area contributed by atoms with E-state index in [2.05, 4.69) is 0 Å². The maximum Gasteiger partial charge on any atom is 0.423 e. The lowest BCUT2D eigenvalue weighted by molar-refractivity contribution is -0.388. The highest BCUT2D eigenvalue weighted by Gasteiger charge is 2.40. The van der Waals surface area contributed by atoms with Gasteiger partial charge in [0.15, 0.2) is 0 Å². The van der Waals surface area contributed by atoms with E-state index in [-0.39, 0.29) is 11.8 Å². The Morgan fingerprint density at radius 1 is 1.44 bits per heavy atom. The molecule has 0 bridgehead atoms. The first-order valence-corrected chi connectivity index (χ1v) is 4.52. The number of alkyl halides is 3. The molecule has 0 aromatic heterocycles. The van der Waals surface area contributed by atoms with Gasteiger partial charge in [-0.15, -0.1) is 0 Å². The van der Waals surface area contributed by atoms with Crippen LogP contribution in [0.4, 0.5) is 18.9 Å². The Balaban J connectivity index is 3.66. The normalized spacial score (nSPS) is 10.8. The molecule has 0 amide bonds. The smallest absolute Gasteiger partial charge is 0.298 e. The van der Waals surface area contributed by atoms with Crippen LogP contribution in [-0.4, -0.2) is 11.2 Å². The average Bonchev–Trinajstić information content (AvgIpc) is 2.26. The van der Waals surface area contributed by atoms with Gasteiger partial charge in [-0.1, -0.05) is 0 Å². The molecule has 1 aromatic carbocycles. The minimum atomic E-state index is -4.97. The van der Waals surface area contributed by atoms with Gasteiger partial charge in [-0.3, -0.25) is 14.9 Å². The zero-order valence-corrected chi connectivity index (χ0v) is 8.69. The third-order valence-electron chi connectivity index (χ3n) is 2.10. The molecule has 0 saturated carbocycles. The highest BCUT2D eigenvalue weighted by Crippen LogP contribution is 2.38. The molecule has 0 spiro atoms. The number of nitrogens with zero attached hydrogens (tertiary/aromatic N) is 2. The van der Waals surface area contributed by atoms with Gasteiger partial charge in [-0.25, -0.2) is 0 Å². The lowest BCUT2D eigenvalue weighted by Gasteiger charge is -2.10. The molecule has 0 aliphatic carbocycles. The van der Waals surface area contributed by atoms with E-state index in [0.717, 1.165) is 6.07 Å². The number of hydrogen-bond donors (Lipinski definition) is 0. The van der Waals surface area contributed by atoms with Crippen LogP contribution in [0.15, 0.2) is 12.1 Å². The fraction of sp³-hybridized carbons (Fsp3) is 0.200. The molecular formula is C10H5F3N2O3. The van der Waals surface area contributed by atoms with Crippen LogP contribution in [0, 0.1) is 21.4 Å². The number of nitro groups is 1.